The van der Waals surface area contributed by atoms with Gasteiger partial charge in [0.15, 0.2) is 23.3 Å². The Labute approximate surface area is 196 Å². The third kappa shape index (κ3) is 4.39. The van der Waals surface area contributed by atoms with E-state index in [1.807, 2.05) is 18.2 Å². The summed E-state index contributed by atoms with van der Waals surface area (Å²) in [4.78, 5) is 4.80. The zero-order valence-electron chi connectivity index (χ0n) is 19.6. The molecule has 1 aromatic heterocycles. The van der Waals surface area contributed by atoms with Gasteiger partial charge in [0.05, 0.1) is 11.2 Å². The Balaban J connectivity index is 1.86. The van der Waals surface area contributed by atoms with E-state index in [1.54, 1.807) is 12.1 Å². The molecule has 0 atom stereocenters. The summed E-state index contributed by atoms with van der Waals surface area (Å²) in [6.07, 6.45) is 1.88. The van der Waals surface area contributed by atoms with Gasteiger partial charge in [-0.3, -0.25) is 0 Å². The van der Waals surface area contributed by atoms with Crippen molar-refractivity contribution in [1.29, 1.82) is 0 Å². The molecule has 3 nitrogen and oxygen atoms in total. The number of para-hydroxylation sites is 1. The number of aryl methyl sites for hydroxylation is 1. The topological polar surface area (TPSA) is 29.9 Å². The van der Waals surface area contributed by atoms with Gasteiger partial charge in [-0.15, -0.1) is 0 Å². The SMILES string of the molecule is CCCCn1c(-c2ccc(C(C)(C)C)cc2)nc2c(Nc3c(F)c(F)cc(F)c3F)cccc21. The largest absolute Gasteiger partial charge is 0.349 e. The van der Waals surface area contributed by atoms with Crippen LogP contribution in [0.25, 0.3) is 22.4 Å². The number of halogens is 4. The van der Waals surface area contributed by atoms with Crippen molar-refractivity contribution in [2.75, 3.05) is 5.32 Å². The van der Waals surface area contributed by atoms with Gasteiger partial charge in [0.1, 0.15) is 17.0 Å². The zero-order valence-corrected chi connectivity index (χ0v) is 19.6. The van der Waals surface area contributed by atoms with Crippen molar-refractivity contribution >= 4 is 22.4 Å². The Morgan fingerprint density at radius 3 is 2.15 bits per heavy atom. The number of nitrogens with one attached hydrogen (secondary N) is 1. The number of fused-ring (bicyclic) bond motifs is 1. The lowest BCUT2D eigenvalue weighted by atomic mass is 9.87. The van der Waals surface area contributed by atoms with Gasteiger partial charge in [-0.05, 0) is 29.5 Å². The van der Waals surface area contributed by atoms with Gasteiger partial charge in [-0.25, -0.2) is 22.5 Å². The van der Waals surface area contributed by atoms with Crippen LogP contribution in [0.15, 0.2) is 48.5 Å². The van der Waals surface area contributed by atoms with Crippen LogP contribution in [0.1, 0.15) is 46.1 Å². The van der Waals surface area contributed by atoms with Gasteiger partial charge in [0, 0.05) is 18.2 Å². The first-order chi connectivity index (χ1) is 16.1. The Morgan fingerprint density at radius 2 is 1.56 bits per heavy atom. The van der Waals surface area contributed by atoms with E-state index in [9.17, 15) is 17.6 Å². The Kier molecular flexibility index (Phi) is 6.39. The highest BCUT2D eigenvalue weighted by Gasteiger charge is 2.22. The molecule has 178 valence electrons. The van der Waals surface area contributed by atoms with E-state index in [1.165, 1.54) is 5.56 Å². The molecule has 34 heavy (non-hydrogen) atoms. The molecule has 3 aromatic carbocycles. The quantitative estimate of drug-likeness (QED) is 0.228. The molecule has 0 saturated heterocycles. The standard InChI is InChI=1S/C27H27F4N3/c1-5-6-14-34-21-9-7-8-20(32-25-22(30)18(28)15-19(29)23(25)31)24(21)33-26(34)16-10-12-17(13-11-16)27(2,3)4/h7-13,15,32H,5-6,14H2,1-4H3. The van der Waals surface area contributed by atoms with Gasteiger partial charge >= 0.3 is 0 Å². The number of aromatic nitrogens is 2. The molecule has 0 radical (unpaired) electrons. The number of anilines is 2. The first-order valence-electron chi connectivity index (χ1n) is 11.3. The number of hydrogen-bond acceptors (Lipinski definition) is 2. The minimum atomic E-state index is -1.49. The van der Waals surface area contributed by atoms with Crippen molar-refractivity contribution in [3.8, 4) is 11.4 Å². The van der Waals surface area contributed by atoms with Crippen LogP contribution < -0.4 is 5.32 Å². The molecule has 0 amide bonds. The lowest BCUT2D eigenvalue weighted by Gasteiger charge is -2.19. The number of benzene rings is 3. The summed E-state index contributed by atoms with van der Waals surface area (Å²) in [6.45, 7) is 9.22. The maximum atomic E-state index is 14.3. The summed E-state index contributed by atoms with van der Waals surface area (Å²) in [7, 11) is 0. The Bertz CT molecular complexity index is 1310. The average Bonchev–Trinajstić information content (AvgIpc) is 3.18. The molecule has 1 N–H and O–H groups in total. The second-order valence-corrected chi connectivity index (χ2v) is 9.41. The molecule has 0 aliphatic rings. The van der Waals surface area contributed by atoms with Gasteiger partial charge in [-0.2, -0.15) is 0 Å². The van der Waals surface area contributed by atoms with Crippen molar-refractivity contribution < 1.29 is 17.6 Å². The summed E-state index contributed by atoms with van der Waals surface area (Å²) < 4.78 is 58.2. The van der Waals surface area contributed by atoms with E-state index >= 15 is 0 Å². The van der Waals surface area contributed by atoms with Crippen molar-refractivity contribution in [2.45, 2.75) is 52.5 Å². The molecule has 0 saturated carbocycles. The molecule has 0 spiro atoms. The third-order valence-electron chi connectivity index (χ3n) is 5.89. The highest BCUT2D eigenvalue weighted by atomic mass is 19.2. The first-order valence-corrected chi connectivity index (χ1v) is 11.3. The minimum Gasteiger partial charge on any atom is -0.349 e. The summed E-state index contributed by atoms with van der Waals surface area (Å²) in [5.41, 5.74) is 2.68. The monoisotopic (exact) mass is 469 g/mol. The molecule has 0 unspecified atom stereocenters. The van der Waals surface area contributed by atoms with Crippen LogP contribution >= 0.6 is 0 Å². The number of imidazole rings is 1. The van der Waals surface area contributed by atoms with Crippen LogP contribution in [0, 0.1) is 23.3 Å². The van der Waals surface area contributed by atoms with Crippen LogP contribution in [0.4, 0.5) is 28.9 Å². The molecule has 1 heterocycles. The van der Waals surface area contributed by atoms with Crippen LogP contribution in [-0.4, -0.2) is 9.55 Å². The minimum absolute atomic E-state index is 0.00629. The molecule has 0 aliphatic carbocycles. The Hall–Kier alpha value is -3.35. The number of unbranched alkanes of at least 4 members (excludes halogenated alkanes) is 1. The van der Waals surface area contributed by atoms with Crippen LogP contribution in [0.2, 0.25) is 0 Å². The van der Waals surface area contributed by atoms with Crippen molar-refractivity contribution in [3.05, 3.63) is 77.4 Å². The zero-order chi connectivity index (χ0) is 24.6. The van der Waals surface area contributed by atoms with Gasteiger partial charge < -0.3 is 9.88 Å². The lowest BCUT2D eigenvalue weighted by molar-refractivity contribution is 0.459. The fourth-order valence-corrected chi connectivity index (χ4v) is 3.95. The molecule has 0 fully saturated rings. The van der Waals surface area contributed by atoms with E-state index in [2.05, 4.69) is 49.7 Å². The second-order valence-electron chi connectivity index (χ2n) is 9.41. The molecular weight excluding hydrogens is 442 g/mol. The fourth-order valence-electron chi connectivity index (χ4n) is 3.95. The van der Waals surface area contributed by atoms with Gasteiger partial charge in [0.25, 0.3) is 0 Å². The summed E-state index contributed by atoms with van der Waals surface area (Å²) in [6, 6.07) is 13.5. The maximum Gasteiger partial charge on any atom is 0.185 e. The summed E-state index contributed by atoms with van der Waals surface area (Å²) in [5.74, 6) is -5.20. The molecule has 0 aliphatic heterocycles. The van der Waals surface area contributed by atoms with Crippen molar-refractivity contribution in [1.82, 2.24) is 9.55 Å². The van der Waals surface area contributed by atoms with E-state index in [-0.39, 0.29) is 17.2 Å². The number of nitrogens with zero attached hydrogens (tertiary/aromatic N) is 2. The third-order valence-corrected chi connectivity index (χ3v) is 5.89. The van der Waals surface area contributed by atoms with Crippen molar-refractivity contribution in [2.24, 2.45) is 0 Å². The van der Waals surface area contributed by atoms with Crippen LogP contribution in [-0.2, 0) is 12.0 Å². The van der Waals surface area contributed by atoms with E-state index < -0.39 is 29.0 Å². The number of hydrogen-bond donors (Lipinski definition) is 1. The molecule has 4 aromatic rings. The highest BCUT2D eigenvalue weighted by molar-refractivity contribution is 5.93. The summed E-state index contributed by atoms with van der Waals surface area (Å²) in [5, 5.41) is 2.54. The number of rotatable bonds is 6. The summed E-state index contributed by atoms with van der Waals surface area (Å²) >= 11 is 0. The smallest absolute Gasteiger partial charge is 0.185 e. The first kappa shape index (κ1) is 23.8. The van der Waals surface area contributed by atoms with E-state index in [0.29, 0.717) is 17.9 Å². The molecule has 7 heteroatoms. The normalized spacial score (nSPS) is 11.9. The van der Waals surface area contributed by atoms with Crippen LogP contribution in [0.3, 0.4) is 0 Å². The van der Waals surface area contributed by atoms with Gasteiger partial charge in [0.2, 0.25) is 0 Å². The lowest BCUT2D eigenvalue weighted by Crippen LogP contribution is -2.10. The second kappa shape index (κ2) is 9.12. The average molecular weight is 470 g/mol. The van der Waals surface area contributed by atoms with Crippen LogP contribution in [0.5, 0.6) is 0 Å². The molecule has 0 bridgehead atoms. The van der Waals surface area contributed by atoms with Gasteiger partial charge in [-0.1, -0.05) is 64.4 Å². The molecule has 4 rings (SSSR count). The van der Waals surface area contributed by atoms with E-state index in [0.717, 1.165) is 23.9 Å². The predicted octanol–water partition coefficient (Wildman–Crippen LogP) is 8.10. The maximum absolute atomic E-state index is 14.3. The molecular formula is C27H27F4N3. The highest BCUT2D eigenvalue weighted by Crippen LogP contribution is 2.34. The fraction of sp³-hybridized carbons (Fsp3) is 0.296. The van der Waals surface area contributed by atoms with E-state index in [4.69, 9.17) is 4.98 Å². The Morgan fingerprint density at radius 1 is 0.912 bits per heavy atom. The van der Waals surface area contributed by atoms with Crippen molar-refractivity contribution in [3.63, 3.8) is 0 Å². The predicted molar refractivity (Wildman–Crippen MR) is 128 cm³/mol.